The molecule has 5 heteroatoms. The Morgan fingerprint density at radius 1 is 1.27 bits per heavy atom. The van der Waals surface area contributed by atoms with E-state index in [4.69, 9.17) is 4.74 Å². The van der Waals surface area contributed by atoms with Crippen molar-refractivity contribution in [2.45, 2.75) is 39.5 Å². The summed E-state index contributed by atoms with van der Waals surface area (Å²) in [5.74, 6) is -1.92. The number of amides is 1. The smallest absolute Gasteiger partial charge is 0.307 e. The molecule has 5 nitrogen and oxygen atoms in total. The van der Waals surface area contributed by atoms with Crippen LogP contribution in [0.4, 0.5) is 0 Å². The third-order valence-corrected chi connectivity index (χ3v) is 5.33. The minimum atomic E-state index is -0.888. The molecule has 0 saturated carbocycles. The van der Waals surface area contributed by atoms with Gasteiger partial charge in [0.2, 0.25) is 5.91 Å². The van der Waals surface area contributed by atoms with Crippen molar-refractivity contribution in [3.05, 3.63) is 35.9 Å². The molecule has 1 aliphatic rings. The molecule has 0 radical (unpaired) electrons. The molecule has 3 atom stereocenters. The van der Waals surface area contributed by atoms with Gasteiger partial charge in [-0.1, -0.05) is 51.1 Å². The number of aliphatic carboxylic acids is 1. The summed E-state index contributed by atoms with van der Waals surface area (Å²) in [6.45, 7) is 7.26. The van der Waals surface area contributed by atoms with Crippen LogP contribution in [-0.2, 0) is 14.3 Å². The van der Waals surface area contributed by atoms with Gasteiger partial charge >= 0.3 is 5.97 Å². The van der Waals surface area contributed by atoms with E-state index >= 15 is 0 Å². The van der Waals surface area contributed by atoms with Crippen LogP contribution in [0.3, 0.4) is 0 Å². The lowest BCUT2D eigenvalue weighted by molar-refractivity contribution is -0.155. The third-order valence-electron chi connectivity index (χ3n) is 5.33. The van der Waals surface area contributed by atoms with E-state index in [9.17, 15) is 14.7 Å². The van der Waals surface area contributed by atoms with E-state index in [1.807, 2.05) is 39.0 Å². The molecule has 26 heavy (non-hydrogen) atoms. The van der Waals surface area contributed by atoms with E-state index in [1.54, 1.807) is 12.0 Å². The maximum absolute atomic E-state index is 13.2. The average Bonchev–Trinajstić information content (AvgIpc) is 2.73. The van der Waals surface area contributed by atoms with Gasteiger partial charge in [0.1, 0.15) is 0 Å². The number of ether oxygens (including phenoxy) is 1. The number of carboxylic acids is 1. The molecule has 0 bridgehead atoms. The van der Waals surface area contributed by atoms with Crippen LogP contribution in [0.2, 0.25) is 0 Å². The summed E-state index contributed by atoms with van der Waals surface area (Å²) in [4.78, 5) is 27.0. The van der Waals surface area contributed by atoms with Crippen molar-refractivity contribution in [2.24, 2.45) is 17.3 Å². The third kappa shape index (κ3) is 4.85. The van der Waals surface area contributed by atoms with Gasteiger partial charge in [0.25, 0.3) is 0 Å². The fourth-order valence-corrected chi connectivity index (χ4v) is 4.04. The van der Waals surface area contributed by atoms with E-state index < -0.39 is 23.2 Å². The second-order valence-corrected chi connectivity index (χ2v) is 8.25. The first-order valence-corrected chi connectivity index (χ1v) is 9.31. The molecular formula is C21H31NO4. The van der Waals surface area contributed by atoms with Gasteiger partial charge in [-0.25, -0.2) is 0 Å². The summed E-state index contributed by atoms with van der Waals surface area (Å²) in [5.41, 5.74) is 0.720. The molecule has 2 rings (SSSR count). The van der Waals surface area contributed by atoms with Crippen molar-refractivity contribution < 1.29 is 19.4 Å². The molecule has 1 heterocycles. The molecule has 1 aromatic rings. The van der Waals surface area contributed by atoms with Gasteiger partial charge in [0.15, 0.2) is 0 Å². The highest BCUT2D eigenvalue weighted by atomic mass is 16.5. The number of nitrogens with zero attached hydrogens (tertiary/aromatic N) is 1. The fraction of sp³-hybridized carbons (Fsp3) is 0.619. The lowest BCUT2D eigenvalue weighted by Crippen LogP contribution is -2.45. The Morgan fingerprint density at radius 3 is 2.46 bits per heavy atom. The lowest BCUT2D eigenvalue weighted by Gasteiger charge is -2.34. The Kier molecular flexibility index (Phi) is 6.81. The number of methoxy groups -OCH3 is 1. The van der Waals surface area contributed by atoms with Crippen LogP contribution < -0.4 is 0 Å². The molecule has 1 N–H and O–H groups in total. The van der Waals surface area contributed by atoms with Crippen molar-refractivity contribution in [3.63, 3.8) is 0 Å². The van der Waals surface area contributed by atoms with Gasteiger partial charge < -0.3 is 14.7 Å². The number of carbonyl (C=O) groups excluding carboxylic acids is 1. The van der Waals surface area contributed by atoms with Crippen molar-refractivity contribution in [3.8, 4) is 0 Å². The highest BCUT2D eigenvalue weighted by Gasteiger charge is 2.44. The molecule has 1 unspecified atom stereocenters. The number of hydrogen-bond acceptors (Lipinski definition) is 3. The van der Waals surface area contributed by atoms with E-state index in [0.717, 1.165) is 6.42 Å². The zero-order valence-electron chi connectivity index (χ0n) is 16.3. The minimum absolute atomic E-state index is 0.0530. The van der Waals surface area contributed by atoms with Gasteiger partial charge in [-0.2, -0.15) is 0 Å². The molecule has 0 aliphatic carbocycles. The van der Waals surface area contributed by atoms with Gasteiger partial charge in [-0.15, -0.1) is 0 Å². The van der Waals surface area contributed by atoms with Crippen molar-refractivity contribution in [1.82, 2.24) is 4.90 Å². The van der Waals surface area contributed by atoms with Crippen molar-refractivity contribution >= 4 is 11.9 Å². The van der Waals surface area contributed by atoms with E-state index in [0.29, 0.717) is 26.1 Å². The summed E-state index contributed by atoms with van der Waals surface area (Å²) in [7, 11) is 1.61. The number of carbonyl (C=O) groups is 2. The first-order chi connectivity index (χ1) is 12.3. The first-order valence-electron chi connectivity index (χ1n) is 9.31. The molecular weight excluding hydrogens is 330 g/mol. The van der Waals surface area contributed by atoms with Crippen LogP contribution in [0.5, 0.6) is 0 Å². The predicted molar refractivity (Wildman–Crippen MR) is 101 cm³/mol. The van der Waals surface area contributed by atoms with Crippen LogP contribution in [0, 0.1) is 17.3 Å². The Hall–Kier alpha value is -1.88. The number of rotatable bonds is 6. The minimum Gasteiger partial charge on any atom is -0.481 e. The van der Waals surface area contributed by atoms with E-state index in [2.05, 4.69) is 12.1 Å². The zero-order valence-corrected chi connectivity index (χ0v) is 16.3. The number of hydrogen-bond donors (Lipinski definition) is 1. The summed E-state index contributed by atoms with van der Waals surface area (Å²) < 4.78 is 5.17. The maximum Gasteiger partial charge on any atom is 0.307 e. The Balaban J connectivity index is 2.33. The highest BCUT2D eigenvalue weighted by molar-refractivity contribution is 5.85. The maximum atomic E-state index is 13.2. The van der Waals surface area contributed by atoms with Crippen molar-refractivity contribution in [2.75, 3.05) is 26.8 Å². The van der Waals surface area contributed by atoms with Gasteiger partial charge in [-0.3, -0.25) is 9.59 Å². The van der Waals surface area contributed by atoms with Crippen LogP contribution >= 0.6 is 0 Å². The lowest BCUT2D eigenvalue weighted by atomic mass is 9.71. The molecule has 1 saturated heterocycles. The largest absolute Gasteiger partial charge is 0.481 e. The highest BCUT2D eigenvalue weighted by Crippen LogP contribution is 2.39. The fourth-order valence-electron chi connectivity index (χ4n) is 4.04. The first kappa shape index (κ1) is 20.4. The zero-order chi connectivity index (χ0) is 19.3. The second kappa shape index (κ2) is 8.67. The van der Waals surface area contributed by atoms with Gasteiger partial charge in [-0.05, 0) is 23.8 Å². The Bertz CT molecular complexity index is 608. The summed E-state index contributed by atoms with van der Waals surface area (Å²) >= 11 is 0. The van der Waals surface area contributed by atoms with Crippen LogP contribution in [-0.4, -0.2) is 48.7 Å². The van der Waals surface area contributed by atoms with Crippen LogP contribution in [0.1, 0.15) is 45.1 Å². The van der Waals surface area contributed by atoms with Crippen LogP contribution in [0.15, 0.2) is 30.3 Å². The topological polar surface area (TPSA) is 66.8 Å². The van der Waals surface area contributed by atoms with Crippen molar-refractivity contribution in [1.29, 1.82) is 0 Å². The summed E-state index contributed by atoms with van der Waals surface area (Å²) in [6, 6.07) is 10.2. The SMILES string of the molecule is COCCN1C[C@H](c2ccccc2)CC[C@@H](C(C(=O)O)C(C)(C)C)C1=O. The Morgan fingerprint density at radius 2 is 1.92 bits per heavy atom. The van der Waals surface area contributed by atoms with E-state index in [1.165, 1.54) is 5.56 Å². The van der Waals surface area contributed by atoms with Gasteiger partial charge in [0, 0.05) is 26.1 Å². The number of benzene rings is 1. The van der Waals surface area contributed by atoms with Gasteiger partial charge in [0.05, 0.1) is 18.4 Å². The number of carboxylic acid groups (broad SMARTS) is 1. The second-order valence-electron chi connectivity index (χ2n) is 8.25. The molecule has 1 aliphatic heterocycles. The summed E-state index contributed by atoms with van der Waals surface area (Å²) in [5, 5.41) is 9.82. The summed E-state index contributed by atoms with van der Waals surface area (Å²) in [6.07, 6.45) is 1.40. The standard InChI is InChI=1S/C21H31NO4/c1-21(2,3)18(20(24)25)17-11-10-16(15-8-6-5-7-9-15)14-22(19(17)23)12-13-26-4/h5-9,16-18H,10-14H2,1-4H3,(H,24,25)/t16-,17+,18?/m1/s1. The van der Waals surface area contributed by atoms with Crippen LogP contribution in [0.25, 0.3) is 0 Å². The van der Waals surface area contributed by atoms with E-state index in [-0.39, 0.29) is 11.8 Å². The average molecular weight is 361 g/mol. The molecule has 0 spiro atoms. The molecule has 1 amide bonds. The monoisotopic (exact) mass is 361 g/mol. The Labute approximate surface area is 156 Å². The molecule has 1 aromatic carbocycles. The normalized spacial score (nSPS) is 22.8. The quantitative estimate of drug-likeness (QED) is 0.843. The predicted octanol–water partition coefficient (Wildman–Crippen LogP) is 3.40. The molecule has 1 fully saturated rings. The molecule has 144 valence electrons. The number of likely N-dealkylation sites (tertiary alicyclic amines) is 1. The molecule has 0 aromatic heterocycles.